The van der Waals surface area contributed by atoms with Crippen LogP contribution >= 0.6 is 0 Å². The minimum Gasteiger partial charge on any atom is -0.872 e. The van der Waals surface area contributed by atoms with E-state index in [1.54, 1.807) is 6.07 Å². The van der Waals surface area contributed by atoms with Crippen LogP contribution in [0.5, 0.6) is 5.75 Å². The number of aryl methyl sites for hydroxylation is 1. The molecule has 0 saturated heterocycles. The van der Waals surface area contributed by atoms with Crippen molar-refractivity contribution in [3.63, 3.8) is 0 Å². The number of rotatable bonds is 0. The zero-order valence-electron chi connectivity index (χ0n) is 9.14. The summed E-state index contributed by atoms with van der Waals surface area (Å²) in [4.78, 5) is 0. The Morgan fingerprint density at radius 1 is 1.15 bits per heavy atom. The maximum Gasteiger partial charge on any atom is 1.00 e. The van der Waals surface area contributed by atoms with Crippen LogP contribution in [-0.2, 0) is 5.41 Å². The molecule has 0 amide bonds. The van der Waals surface area contributed by atoms with Crippen LogP contribution in [0.25, 0.3) is 0 Å². The molecule has 0 bridgehead atoms. The molecule has 0 spiro atoms. The predicted molar refractivity (Wildman–Crippen MR) is 49.3 cm³/mol. The first-order valence-corrected chi connectivity index (χ1v) is 4.19. The van der Waals surface area contributed by atoms with Gasteiger partial charge in [0.05, 0.1) is 0 Å². The van der Waals surface area contributed by atoms with Gasteiger partial charge in [-0.25, -0.2) is 0 Å². The summed E-state index contributed by atoms with van der Waals surface area (Å²) in [5.41, 5.74) is 2.02. The van der Waals surface area contributed by atoms with Gasteiger partial charge in [-0.3, -0.25) is 0 Å². The molecular formula is C11H15LiO. The van der Waals surface area contributed by atoms with Crippen LogP contribution in [-0.4, -0.2) is 0 Å². The van der Waals surface area contributed by atoms with Crippen LogP contribution in [0.3, 0.4) is 0 Å². The van der Waals surface area contributed by atoms with Gasteiger partial charge in [0, 0.05) is 0 Å². The second-order valence-electron chi connectivity index (χ2n) is 4.25. The van der Waals surface area contributed by atoms with Gasteiger partial charge in [-0.2, -0.15) is 0 Å². The summed E-state index contributed by atoms with van der Waals surface area (Å²) >= 11 is 0. The van der Waals surface area contributed by atoms with Crippen molar-refractivity contribution in [2.45, 2.75) is 33.1 Å². The van der Waals surface area contributed by atoms with Crippen molar-refractivity contribution < 1.29 is 24.0 Å². The van der Waals surface area contributed by atoms with Gasteiger partial charge in [-0.15, -0.1) is 5.75 Å². The molecule has 0 atom stereocenters. The molecule has 0 N–H and O–H groups in total. The van der Waals surface area contributed by atoms with Crippen molar-refractivity contribution in [1.29, 1.82) is 0 Å². The third kappa shape index (κ3) is 3.10. The zero-order chi connectivity index (χ0) is 9.35. The Morgan fingerprint density at radius 2 is 1.69 bits per heavy atom. The quantitative estimate of drug-likeness (QED) is 0.475. The van der Waals surface area contributed by atoms with Crippen LogP contribution in [0.15, 0.2) is 18.2 Å². The van der Waals surface area contributed by atoms with Gasteiger partial charge in [0.25, 0.3) is 0 Å². The SMILES string of the molecule is Cc1ccc([O-])c(C(C)(C)C)c1.[Li+]. The van der Waals surface area contributed by atoms with Crippen LogP contribution in [0.2, 0.25) is 0 Å². The Morgan fingerprint density at radius 3 is 2.08 bits per heavy atom. The van der Waals surface area contributed by atoms with Crippen molar-refractivity contribution >= 4 is 0 Å². The molecule has 1 aromatic rings. The first kappa shape index (κ1) is 12.6. The minimum atomic E-state index is -0.0386. The Hall–Kier alpha value is -0.383. The molecule has 0 unspecified atom stereocenters. The van der Waals surface area contributed by atoms with Crippen LogP contribution < -0.4 is 24.0 Å². The van der Waals surface area contributed by atoms with Crippen LogP contribution in [0.1, 0.15) is 31.9 Å². The fourth-order valence-electron chi connectivity index (χ4n) is 1.23. The first-order valence-electron chi connectivity index (χ1n) is 4.19. The van der Waals surface area contributed by atoms with E-state index in [1.165, 1.54) is 0 Å². The van der Waals surface area contributed by atoms with Gasteiger partial charge in [0.15, 0.2) is 0 Å². The average Bonchev–Trinajstić information content (AvgIpc) is 1.92. The normalized spacial score (nSPS) is 10.8. The fourth-order valence-corrected chi connectivity index (χ4v) is 1.23. The first-order chi connectivity index (χ1) is 5.41. The summed E-state index contributed by atoms with van der Waals surface area (Å²) in [5, 5.41) is 11.4. The van der Waals surface area contributed by atoms with E-state index in [0.717, 1.165) is 11.1 Å². The Bertz CT molecular complexity index is 287. The Balaban J connectivity index is 0.00000144. The third-order valence-electron chi connectivity index (χ3n) is 1.94. The second-order valence-corrected chi connectivity index (χ2v) is 4.25. The van der Waals surface area contributed by atoms with E-state index in [0.29, 0.717) is 0 Å². The molecule has 13 heavy (non-hydrogen) atoms. The molecule has 1 aromatic carbocycles. The van der Waals surface area contributed by atoms with E-state index in [1.807, 2.05) is 19.1 Å². The van der Waals surface area contributed by atoms with E-state index in [-0.39, 0.29) is 30.0 Å². The summed E-state index contributed by atoms with van der Waals surface area (Å²) in [5.74, 6) is 0.146. The summed E-state index contributed by atoms with van der Waals surface area (Å²) in [7, 11) is 0. The summed E-state index contributed by atoms with van der Waals surface area (Å²) in [6, 6.07) is 5.48. The standard InChI is InChI=1S/C11H16O.Li/c1-8-5-6-10(12)9(7-8)11(2,3)4;/h5-7,12H,1-4H3;/q;+1/p-1. The van der Waals surface area contributed by atoms with Crippen molar-refractivity contribution in [3.8, 4) is 5.75 Å². The molecule has 0 aliphatic carbocycles. The van der Waals surface area contributed by atoms with Gasteiger partial charge >= 0.3 is 18.9 Å². The maximum absolute atomic E-state index is 11.4. The van der Waals surface area contributed by atoms with Gasteiger partial charge in [-0.05, 0) is 12.3 Å². The fraction of sp³-hybridized carbons (Fsp3) is 0.455. The van der Waals surface area contributed by atoms with E-state index in [9.17, 15) is 5.11 Å². The molecule has 0 saturated carbocycles. The van der Waals surface area contributed by atoms with E-state index in [2.05, 4.69) is 20.8 Å². The third-order valence-corrected chi connectivity index (χ3v) is 1.94. The van der Waals surface area contributed by atoms with Gasteiger partial charge < -0.3 is 5.11 Å². The number of benzene rings is 1. The molecular weight excluding hydrogens is 155 g/mol. The molecule has 0 radical (unpaired) electrons. The van der Waals surface area contributed by atoms with Gasteiger partial charge in [-0.1, -0.05) is 50.1 Å². The van der Waals surface area contributed by atoms with Crippen molar-refractivity contribution in [2.75, 3.05) is 0 Å². The molecule has 1 nitrogen and oxygen atoms in total. The smallest absolute Gasteiger partial charge is 0.872 e. The molecule has 1 rings (SSSR count). The summed E-state index contributed by atoms with van der Waals surface area (Å²) < 4.78 is 0. The zero-order valence-corrected chi connectivity index (χ0v) is 9.14. The van der Waals surface area contributed by atoms with E-state index >= 15 is 0 Å². The van der Waals surface area contributed by atoms with Gasteiger partial charge in [0.1, 0.15) is 0 Å². The second kappa shape index (κ2) is 4.22. The van der Waals surface area contributed by atoms with Gasteiger partial charge in [0.2, 0.25) is 0 Å². The number of hydrogen-bond donors (Lipinski definition) is 0. The van der Waals surface area contributed by atoms with E-state index < -0.39 is 0 Å². The van der Waals surface area contributed by atoms with Crippen molar-refractivity contribution in [3.05, 3.63) is 29.3 Å². The summed E-state index contributed by atoms with van der Waals surface area (Å²) in [6.45, 7) is 8.18. The minimum absolute atomic E-state index is 0. The van der Waals surface area contributed by atoms with Crippen molar-refractivity contribution in [1.82, 2.24) is 0 Å². The number of hydrogen-bond acceptors (Lipinski definition) is 1. The Kier molecular flexibility index (Phi) is 4.10. The molecule has 0 aliphatic rings. The molecule has 66 valence electrons. The topological polar surface area (TPSA) is 23.1 Å². The molecule has 2 heteroatoms. The largest absolute Gasteiger partial charge is 1.00 e. The van der Waals surface area contributed by atoms with E-state index in [4.69, 9.17) is 0 Å². The monoisotopic (exact) mass is 170 g/mol. The van der Waals surface area contributed by atoms with Crippen LogP contribution in [0, 0.1) is 6.92 Å². The summed E-state index contributed by atoms with van der Waals surface area (Å²) in [6.07, 6.45) is 0. The van der Waals surface area contributed by atoms with Crippen LogP contribution in [0.4, 0.5) is 0 Å². The van der Waals surface area contributed by atoms with Crippen molar-refractivity contribution in [2.24, 2.45) is 0 Å². The predicted octanol–water partition coefficient (Wildman–Crippen LogP) is -0.630. The molecule has 0 heterocycles. The maximum atomic E-state index is 11.4. The molecule has 0 fully saturated rings. The Labute approximate surface area is 92.3 Å². The molecule has 0 aromatic heterocycles. The molecule has 0 aliphatic heterocycles. The average molecular weight is 170 g/mol.